The fourth-order valence-electron chi connectivity index (χ4n) is 2.17. The van der Waals surface area contributed by atoms with Crippen LogP contribution in [0.3, 0.4) is 0 Å². The van der Waals surface area contributed by atoms with Crippen LogP contribution >= 0.6 is 0 Å². The fraction of sp³-hybridized carbons (Fsp3) is 0.846. The van der Waals surface area contributed by atoms with E-state index in [-0.39, 0.29) is 5.91 Å². The Morgan fingerprint density at radius 1 is 1.35 bits per heavy atom. The summed E-state index contributed by atoms with van der Waals surface area (Å²) in [6.07, 6.45) is 7.60. The number of amides is 1. The van der Waals surface area contributed by atoms with Crippen molar-refractivity contribution in [1.29, 1.82) is 0 Å². The van der Waals surface area contributed by atoms with Gasteiger partial charge in [-0.05, 0) is 19.3 Å². The van der Waals surface area contributed by atoms with Gasteiger partial charge in [-0.15, -0.1) is 0 Å². The maximum atomic E-state index is 11.3. The molecule has 0 atom stereocenters. The Morgan fingerprint density at radius 3 is 2.71 bits per heavy atom. The van der Waals surface area contributed by atoms with Crippen molar-refractivity contribution in [2.24, 2.45) is 16.6 Å². The summed E-state index contributed by atoms with van der Waals surface area (Å²) in [5, 5.41) is 2.84. The molecule has 3 N–H and O–H groups in total. The molecule has 4 heteroatoms. The molecular weight excluding hydrogens is 214 g/mol. The second kappa shape index (κ2) is 8.09. The Hall–Kier alpha value is -1.06. The summed E-state index contributed by atoms with van der Waals surface area (Å²) in [7, 11) is 0. The van der Waals surface area contributed by atoms with Crippen LogP contribution in [-0.2, 0) is 4.79 Å². The van der Waals surface area contributed by atoms with Gasteiger partial charge in [0.25, 0.3) is 0 Å². The molecule has 0 bridgehead atoms. The van der Waals surface area contributed by atoms with Crippen molar-refractivity contribution in [3.8, 4) is 0 Å². The van der Waals surface area contributed by atoms with Gasteiger partial charge in [-0.1, -0.05) is 26.2 Å². The van der Waals surface area contributed by atoms with Crippen molar-refractivity contribution in [2.45, 2.75) is 51.9 Å². The van der Waals surface area contributed by atoms with E-state index in [1.807, 2.05) is 6.92 Å². The van der Waals surface area contributed by atoms with E-state index in [0.717, 1.165) is 31.6 Å². The minimum atomic E-state index is 0.0760. The lowest BCUT2D eigenvalue weighted by molar-refractivity contribution is -0.120. The molecule has 0 unspecified atom stereocenters. The summed E-state index contributed by atoms with van der Waals surface area (Å²) in [6, 6.07) is 0. The van der Waals surface area contributed by atoms with Gasteiger partial charge in [0.2, 0.25) is 5.91 Å². The predicted octanol–water partition coefficient (Wildman–Crippen LogP) is 1.84. The lowest BCUT2D eigenvalue weighted by Crippen LogP contribution is -2.27. The summed E-state index contributed by atoms with van der Waals surface area (Å²) in [5.74, 6) is 1.29. The van der Waals surface area contributed by atoms with Crippen LogP contribution in [0.4, 0.5) is 0 Å². The van der Waals surface area contributed by atoms with Crippen LogP contribution in [0.1, 0.15) is 51.9 Å². The highest BCUT2D eigenvalue weighted by atomic mass is 16.1. The monoisotopic (exact) mass is 239 g/mol. The number of carbonyl (C=O) groups is 1. The molecule has 0 aromatic carbocycles. The molecule has 0 aliphatic heterocycles. The largest absolute Gasteiger partial charge is 0.387 e. The Labute approximate surface area is 104 Å². The lowest BCUT2D eigenvalue weighted by atomic mass is 9.88. The molecular formula is C13H25N3O. The molecule has 0 aromatic rings. The summed E-state index contributed by atoms with van der Waals surface area (Å²) < 4.78 is 0. The summed E-state index contributed by atoms with van der Waals surface area (Å²) in [6.45, 7) is 3.32. The molecule has 0 radical (unpaired) electrons. The number of rotatable bonds is 6. The van der Waals surface area contributed by atoms with Crippen LogP contribution in [0.2, 0.25) is 0 Å². The highest BCUT2D eigenvalue weighted by molar-refractivity contribution is 5.83. The molecule has 1 aliphatic carbocycles. The number of hydrogen-bond acceptors (Lipinski definition) is 2. The first kappa shape index (κ1) is 14.0. The van der Waals surface area contributed by atoms with Crippen LogP contribution in [0.5, 0.6) is 0 Å². The van der Waals surface area contributed by atoms with Gasteiger partial charge < -0.3 is 11.1 Å². The van der Waals surface area contributed by atoms with Crippen LogP contribution in [0, 0.1) is 5.92 Å². The number of nitrogens with one attached hydrogen (secondary N) is 1. The van der Waals surface area contributed by atoms with Gasteiger partial charge in [0.15, 0.2) is 0 Å². The second-order valence-electron chi connectivity index (χ2n) is 4.74. The Kier molecular flexibility index (Phi) is 6.67. The number of hydrogen-bond donors (Lipinski definition) is 2. The van der Waals surface area contributed by atoms with Crippen molar-refractivity contribution < 1.29 is 4.79 Å². The van der Waals surface area contributed by atoms with E-state index in [4.69, 9.17) is 5.73 Å². The molecule has 4 nitrogen and oxygen atoms in total. The van der Waals surface area contributed by atoms with Gasteiger partial charge in [0, 0.05) is 25.4 Å². The van der Waals surface area contributed by atoms with E-state index in [9.17, 15) is 4.79 Å². The Morgan fingerprint density at radius 2 is 2.06 bits per heavy atom. The van der Waals surface area contributed by atoms with E-state index in [0.29, 0.717) is 18.9 Å². The number of amidine groups is 1. The lowest BCUT2D eigenvalue weighted by Gasteiger charge is -2.20. The summed E-state index contributed by atoms with van der Waals surface area (Å²) in [5.41, 5.74) is 5.95. The smallest absolute Gasteiger partial charge is 0.221 e. The number of aliphatic imine (C=N–C) groups is 1. The number of nitrogens with zero attached hydrogens (tertiary/aromatic N) is 1. The summed E-state index contributed by atoms with van der Waals surface area (Å²) >= 11 is 0. The topological polar surface area (TPSA) is 67.5 Å². The highest BCUT2D eigenvalue weighted by Crippen LogP contribution is 2.23. The zero-order chi connectivity index (χ0) is 12.5. The van der Waals surface area contributed by atoms with Gasteiger partial charge >= 0.3 is 0 Å². The quantitative estimate of drug-likeness (QED) is 0.548. The number of nitrogens with two attached hydrogens (primary N) is 1. The zero-order valence-corrected chi connectivity index (χ0v) is 10.9. The highest BCUT2D eigenvalue weighted by Gasteiger charge is 2.16. The van der Waals surface area contributed by atoms with Crippen molar-refractivity contribution >= 4 is 11.7 Å². The standard InChI is InChI=1S/C13H25N3O/c1-2-9-15-12(17)8-10-16-13(14)11-6-4-3-5-7-11/h11H,2-10H2,1H3,(H2,14,16)(H,15,17). The molecule has 1 amide bonds. The van der Waals surface area contributed by atoms with Crippen LogP contribution in [0.25, 0.3) is 0 Å². The van der Waals surface area contributed by atoms with Gasteiger partial charge in [0.05, 0.1) is 5.84 Å². The van der Waals surface area contributed by atoms with Crippen LogP contribution in [0.15, 0.2) is 4.99 Å². The molecule has 0 saturated heterocycles. The molecule has 0 aromatic heterocycles. The maximum Gasteiger partial charge on any atom is 0.221 e. The van der Waals surface area contributed by atoms with Crippen molar-refractivity contribution in [3.63, 3.8) is 0 Å². The summed E-state index contributed by atoms with van der Waals surface area (Å²) in [4.78, 5) is 15.7. The van der Waals surface area contributed by atoms with Gasteiger partial charge in [-0.25, -0.2) is 0 Å². The first-order valence-corrected chi connectivity index (χ1v) is 6.80. The van der Waals surface area contributed by atoms with Crippen LogP contribution < -0.4 is 11.1 Å². The molecule has 0 spiro atoms. The van der Waals surface area contributed by atoms with Crippen LogP contribution in [-0.4, -0.2) is 24.8 Å². The SMILES string of the molecule is CCCNC(=O)CCN=C(N)C1CCCCC1. The Bertz CT molecular complexity index is 257. The Balaban J connectivity index is 2.20. The average Bonchev–Trinajstić information content (AvgIpc) is 2.37. The molecule has 1 saturated carbocycles. The number of carbonyl (C=O) groups excluding carboxylic acids is 1. The minimum Gasteiger partial charge on any atom is -0.387 e. The molecule has 1 fully saturated rings. The maximum absolute atomic E-state index is 11.3. The third-order valence-electron chi connectivity index (χ3n) is 3.23. The first-order valence-electron chi connectivity index (χ1n) is 6.80. The average molecular weight is 239 g/mol. The third kappa shape index (κ3) is 5.71. The van der Waals surface area contributed by atoms with Gasteiger partial charge in [-0.3, -0.25) is 9.79 Å². The first-order chi connectivity index (χ1) is 8.24. The minimum absolute atomic E-state index is 0.0760. The van der Waals surface area contributed by atoms with Crippen molar-refractivity contribution in [3.05, 3.63) is 0 Å². The fourth-order valence-corrected chi connectivity index (χ4v) is 2.17. The van der Waals surface area contributed by atoms with Gasteiger partial charge in [0.1, 0.15) is 0 Å². The van der Waals surface area contributed by atoms with Crippen molar-refractivity contribution in [2.75, 3.05) is 13.1 Å². The molecule has 0 heterocycles. The van der Waals surface area contributed by atoms with E-state index in [1.165, 1.54) is 19.3 Å². The van der Waals surface area contributed by atoms with Crippen molar-refractivity contribution in [1.82, 2.24) is 5.32 Å². The molecule has 1 rings (SSSR count). The second-order valence-corrected chi connectivity index (χ2v) is 4.74. The third-order valence-corrected chi connectivity index (χ3v) is 3.23. The van der Waals surface area contributed by atoms with E-state index < -0.39 is 0 Å². The van der Waals surface area contributed by atoms with Gasteiger partial charge in [-0.2, -0.15) is 0 Å². The van der Waals surface area contributed by atoms with E-state index >= 15 is 0 Å². The van der Waals surface area contributed by atoms with E-state index in [1.54, 1.807) is 0 Å². The van der Waals surface area contributed by atoms with E-state index in [2.05, 4.69) is 10.3 Å². The molecule has 98 valence electrons. The zero-order valence-electron chi connectivity index (χ0n) is 10.9. The molecule has 17 heavy (non-hydrogen) atoms. The molecule has 1 aliphatic rings. The normalized spacial score (nSPS) is 18.1. The predicted molar refractivity (Wildman–Crippen MR) is 71.0 cm³/mol.